The van der Waals surface area contributed by atoms with E-state index in [0.29, 0.717) is 23.4 Å². The van der Waals surface area contributed by atoms with Crippen molar-refractivity contribution in [2.45, 2.75) is 18.9 Å². The zero-order valence-electron chi connectivity index (χ0n) is 6.66. The molecule has 0 amide bonds. The fraction of sp³-hybridized carbons (Fsp3) is 0.500. The second kappa shape index (κ2) is 4.64. The van der Waals surface area contributed by atoms with Crippen molar-refractivity contribution < 1.29 is 9.52 Å². The van der Waals surface area contributed by atoms with Gasteiger partial charge in [0.25, 0.3) is 0 Å². The van der Waals surface area contributed by atoms with Crippen molar-refractivity contribution in [1.29, 1.82) is 0 Å². The van der Waals surface area contributed by atoms with Gasteiger partial charge >= 0.3 is 0 Å². The number of aliphatic hydroxyl groups excluding tert-OH is 1. The first-order valence-corrected chi connectivity index (χ1v) is 4.66. The fourth-order valence-corrected chi connectivity index (χ4v) is 1.28. The van der Waals surface area contributed by atoms with Gasteiger partial charge in [0.2, 0.25) is 0 Å². The lowest BCUT2D eigenvalue weighted by molar-refractivity contribution is 0.137. The van der Waals surface area contributed by atoms with E-state index in [1.54, 1.807) is 12.1 Å². The first-order chi connectivity index (χ1) is 5.74. The van der Waals surface area contributed by atoms with Crippen LogP contribution in [0.3, 0.4) is 0 Å². The van der Waals surface area contributed by atoms with Gasteiger partial charge in [0.15, 0.2) is 4.67 Å². The van der Waals surface area contributed by atoms with Crippen molar-refractivity contribution in [3.63, 3.8) is 0 Å². The summed E-state index contributed by atoms with van der Waals surface area (Å²) in [7, 11) is 0. The molecular weight excluding hydrogens is 222 g/mol. The monoisotopic (exact) mass is 233 g/mol. The van der Waals surface area contributed by atoms with Crippen molar-refractivity contribution in [3.8, 4) is 0 Å². The Morgan fingerprint density at radius 3 is 2.83 bits per heavy atom. The Balaban J connectivity index is 2.47. The molecule has 0 aromatic carbocycles. The summed E-state index contributed by atoms with van der Waals surface area (Å²) in [5.74, 6) is 0.593. The molecule has 1 aromatic rings. The van der Waals surface area contributed by atoms with Crippen LogP contribution >= 0.6 is 15.9 Å². The van der Waals surface area contributed by atoms with Crippen LogP contribution in [0, 0.1) is 0 Å². The van der Waals surface area contributed by atoms with E-state index in [9.17, 15) is 5.11 Å². The van der Waals surface area contributed by atoms with Gasteiger partial charge in [-0.1, -0.05) is 0 Å². The molecule has 3 nitrogen and oxygen atoms in total. The molecule has 3 N–H and O–H groups in total. The van der Waals surface area contributed by atoms with Gasteiger partial charge in [-0.2, -0.15) is 0 Å². The summed E-state index contributed by atoms with van der Waals surface area (Å²) in [5, 5.41) is 9.49. The van der Waals surface area contributed by atoms with E-state index in [2.05, 4.69) is 15.9 Å². The summed E-state index contributed by atoms with van der Waals surface area (Å²) >= 11 is 3.17. The lowest BCUT2D eigenvalue weighted by Gasteiger charge is -2.05. The number of hydrogen-bond acceptors (Lipinski definition) is 3. The highest BCUT2D eigenvalue weighted by atomic mass is 79.9. The quantitative estimate of drug-likeness (QED) is 0.835. The molecule has 0 saturated carbocycles. The molecule has 1 rings (SSSR count). The predicted octanol–water partition coefficient (Wildman–Crippen LogP) is 1.81. The van der Waals surface area contributed by atoms with Crippen molar-refractivity contribution in [1.82, 2.24) is 0 Å². The number of nitrogens with two attached hydrogens (primary N) is 1. The SMILES string of the molecule is NCCCC(O)c1ccc(Br)o1. The Morgan fingerprint density at radius 2 is 2.33 bits per heavy atom. The van der Waals surface area contributed by atoms with E-state index in [1.165, 1.54) is 0 Å². The maximum atomic E-state index is 9.49. The first-order valence-electron chi connectivity index (χ1n) is 3.87. The Morgan fingerprint density at radius 1 is 1.58 bits per heavy atom. The van der Waals surface area contributed by atoms with Crippen LogP contribution in [0.4, 0.5) is 0 Å². The number of rotatable bonds is 4. The third-order valence-electron chi connectivity index (χ3n) is 1.60. The third kappa shape index (κ3) is 2.62. The van der Waals surface area contributed by atoms with E-state index in [-0.39, 0.29) is 0 Å². The van der Waals surface area contributed by atoms with Crippen molar-refractivity contribution in [3.05, 3.63) is 22.6 Å². The van der Waals surface area contributed by atoms with Gasteiger partial charge < -0.3 is 15.3 Å². The molecule has 1 heterocycles. The second-order valence-corrected chi connectivity index (χ2v) is 3.37. The molecule has 1 unspecified atom stereocenters. The molecule has 0 radical (unpaired) electrons. The number of aliphatic hydroxyl groups is 1. The van der Waals surface area contributed by atoms with Gasteiger partial charge in [-0.15, -0.1) is 0 Å². The molecular formula is C8H12BrNO2. The van der Waals surface area contributed by atoms with Crippen LogP contribution in [-0.4, -0.2) is 11.7 Å². The molecule has 1 atom stereocenters. The normalized spacial score (nSPS) is 13.2. The summed E-state index contributed by atoms with van der Waals surface area (Å²) in [6, 6.07) is 3.52. The van der Waals surface area contributed by atoms with Gasteiger partial charge in [0.1, 0.15) is 11.9 Å². The fourth-order valence-electron chi connectivity index (χ4n) is 0.961. The Hall–Kier alpha value is -0.320. The highest BCUT2D eigenvalue weighted by molar-refractivity contribution is 9.10. The molecule has 68 valence electrons. The topological polar surface area (TPSA) is 59.4 Å². The highest BCUT2D eigenvalue weighted by Crippen LogP contribution is 2.23. The first kappa shape index (κ1) is 9.77. The smallest absolute Gasteiger partial charge is 0.169 e. The van der Waals surface area contributed by atoms with E-state index in [4.69, 9.17) is 10.2 Å². The van der Waals surface area contributed by atoms with Gasteiger partial charge in [0, 0.05) is 0 Å². The average molecular weight is 234 g/mol. The summed E-state index contributed by atoms with van der Waals surface area (Å²) in [6.07, 6.45) is 0.926. The molecule has 0 aliphatic rings. The third-order valence-corrected chi connectivity index (χ3v) is 2.03. The zero-order valence-corrected chi connectivity index (χ0v) is 8.25. The van der Waals surface area contributed by atoms with Crippen LogP contribution in [0.5, 0.6) is 0 Å². The number of furan rings is 1. The summed E-state index contributed by atoms with van der Waals surface area (Å²) in [5.41, 5.74) is 5.31. The Kier molecular flexibility index (Phi) is 3.78. The van der Waals surface area contributed by atoms with E-state index in [0.717, 1.165) is 6.42 Å². The van der Waals surface area contributed by atoms with Crippen molar-refractivity contribution in [2.24, 2.45) is 5.73 Å². The van der Waals surface area contributed by atoms with E-state index >= 15 is 0 Å². The van der Waals surface area contributed by atoms with Crippen LogP contribution in [0.2, 0.25) is 0 Å². The summed E-state index contributed by atoms with van der Waals surface area (Å²) < 4.78 is 5.81. The van der Waals surface area contributed by atoms with E-state index in [1.807, 2.05) is 0 Å². The standard InChI is InChI=1S/C8H12BrNO2/c9-8-4-3-7(12-8)6(11)2-1-5-10/h3-4,6,11H,1-2,5,10H2. The highest BCUT2D eigenvalue weighted by Gasteiger charge is 2.10. The average Bonchev–Trinajstić information content (AvgIpc) is 2.47. The predicted molar refractivity (Wildman–Crippen MR) is 49.7 cm³/mol. The number of hydrogen-bond donors (Lipinski definition) is 2. The molecule has 0 saturated heterocycles. The van der Waals surface area contributed by atoms with Crippen LogP contribution < -0.4 is 5.73 Å². The zero-order chi connectivity index (χ0) is 8.97. The van der Waals surface area contributed by atoms with Crippen molar-refractivity contribution >= 4 is 15.9 Å². The van der Waals surface area contributed by atoms with Crippen LogP contribution in [0.1, 0.15) is 24.7 Å². The minimum Gasteiger partial charge on any atom is -0.452 e. The Bertz CT molecular complexity index is 237. The molecule has 0 bridgehead atoms. The van der Waals surface area contributed by atoms with Crippen molar-refractivity contribution in [2.75, 3.05) is 6.54 Å². The summed E-state index contributed by atoms with van der Waals surface area (Å²) in [6.45, 7) is 0.596. The minimum absolute atomic E-state index is 0.528. The van der Waals surface area contributed by atoms with Gasteiger partial charge in [-0.05, 0) is 47.4 Å². The molecule has 0 aliphatic carbocycles. The molecule has 4 heteroatoms. The largest absolute Gasteiger partial charge is 0.452 e. The second-order valence-electron chi connectivity index (χ2n) is 2.59. The van der Waals surface area contributed by atoms with Gasteiger partial charge in [-0.25, -0.2) is 0 Å². The molecule has 0 fully saturated rings. The van der Waals surface area contributed by atoms with Gasteiger partial charge in [-0.3, -0.25) is 0 Å². The van der Waals surface area contributed by atoms with Gasteiger partial charge in [0.05, 0.1) is 0 Å². The lowest BCUT2D eigenvalue weighted by atomic mass is 10.1. The molecule has 0 aliphatic heterocycles. The van der Waals surface area contributed by atoms with E-state index < -0.39 is 6.10 Å². The molecule has 1 aromatic heterocycles. The van der Waals surface area contributed by atoms with Crippen LogP contribution in [-0.2, 0) is 0 Å². The lowest BCUT2D eigenvalue weighted by Crippen LogP contribution is -2.02. The van der Waals surface area contributed by atoms with Crippen LogP contribution in [0.25, 0.3) is 0 Å². The molecule has 12 heavy (non-hydrogen) atoms. The maximum absolute atomic E-state index is 9.49. The maximum Gasteiger partial charge on any atom is 0.169 e. The minimum atomic E-state index is -0.528. The summed E-state index contributed by atoms with van der Waals surface area (Å²) in [4.78, 5) is 0. The van der Waals surface area contributed by atoms with Crippen LogP contribution in [0.15, 0.2) is 21.2 Å². The molecule has 0 spiro atoms. The Labute approximate surface area is 79.7 Å². The number of halogens is 1.